The van der Waals surface area contributed by atoms with Crippen molar-refractivity contribution in [1.29, 1.82) is 0 Å². The van der Waals surface area contributed by atoms with Crippen LogP contribution in [0.2, 0.25) is 5.02 Å². The Balaban J connectivity index is 1.94. The number of fused-ring (bicyclic) bond motifs is 1. The summed E-state index contributed by atoms with van der Waals surface area (Å²) in [5.41, 5.74) is 6.55. The van der Waals surface area contributed by atoms with E-state index in [1.54, 1.807) is 12.4 Å². The van der Waals surface area contributed by atoms with E-state index >= 15 is 0 Å². The molecule has 3 N–H and O–H groups in total. The number of aromatic nitrogens is 2. The first kappa shape index (κ1) is 13.3. The van der Waals surface area contributed by atoms with Gasteiger partial charge in [0.15, 0.2) is 0 Å². The van der Waals surface area contributed by atoms with E-state index in [2.05, 4.69) is 15.3 Å². The Hall–Kier alpha value is -2.66. The summed E-state index contributed by atoms with van der Waals surface area (Å²) in [6, 6.07) is 9.00. The Morgan fingerprint density at radius 1 is 1.24 bits per heavy atom. The second-order valence-electron chi connectivity index (χ2n) is 4.45. The maximum absolute atomic E-state index is 12.3. The normalized spacial score (nSPS) is 10.5. The van der Waals surface area contributed by atoms with E-state index in [4.69, 9.17) is 17.3 Å². The molecule has 5 nitrogen and oxygen atoms in total. The fourth-order valence-electron chi connectivity index (χ4n) is 1.99. The second kappa shape index (κ2) is 5.38. The van der Waals surface area contributed by atoms with Gasteiger partial charge in [-0.05, 0) is 23.6 Å². The number of carbonyl (C=O) groups excluding carboxylic acids is 1. The number of nitrogens with one attached hydrogen (secondary N) is 1. The predicted molar refractivity (Wildman–Crippen MR) is 83.4 cm³/mol. The number of hydrogen-bond acceptors (Lipinski definition) is 4. The molecule has 0 aliphatic heterocycles. The third-order valence-electron chi connectivity index (χ3n) is 3.06. The molecule has 1 aromatic carbocycles. The largest absolute Gasteiger partial charge is 0.382 e. The zero-order valence-electron chi connectivity index (χ0n) is 10.9. The number of benzene rings is 1. The summed E-state index contributed by atoms with van der Waals surface area (Å²) in [7, 11) is 0. The van der Waals surface area contributed by atoms with Gasteiger partial charge in [-0.25, -0.2) is 4.98 Å². The summed E-state index contributed by atoms with van der Waals surface area (Å²) in [5, 5.41) is 4.94. The minimum absolute atomic E-state index is 0.197. The molecule has 0 aliphatic carbocycles. The van der Waals surface area contributed by atoms with Crippen LogP contribution in [0.15, 0.2) is 48.9 Å². The van der Waals surface area contributed by atoms with Gasteiger partial charge in [-0.15, -0.1) is 0 Å². The third-order valence-corrected chi connectivity index (χ3v) is 3.37. The quantitative estimate of drug-likeness (QED) is 0.761. The van der Waals surface area contributed by atoms with Gasteiger partial charge in [0.2, 0.25) is 0 Å². The number of halogens is 1. The van der Waals surface area contributed by atoms with Crippen LogP contribution in [0, 0.1) is 0 Å². The molecule has 3 aromatic rings. The third kappa shape index (κ3) is 2.64. The number of hydrogen-bond donors (Lipinski definition) is 2. The first-order valence-corrected chi connectivity index (χ1v) is 6.58. The molecule has 0 atom stereocenters. The molecule has 0 saturated heterocycles. The van der Waals surface area contributed by atoms with Crippen molar-refractivity contribution in [2.75, 3.05) is 11.1 Å². The highest BCUT2D eigenvalue weighted by Gasteiger charge is 2.10. The number of pyridine rings is 2. The van der Waals surface area contributed by atoms with Crippen molar-refractivity contribution in [3.8, 4) is 0 Å². The maximum Gasteiger partial charge on any atom is 0.257 e. The van der Waals surface area contributed by atoms with E-state index in [9.17, 15) is 4.79 Å². The number of carbonyl (C=O) groups is 1. The van der Waals surface area contributed by atoms with E-state index in [1.165, 1.54) is 12.3 Å². The van der Waals surface area contributed by atoms with Crippen molar-refractivity contribution in [3.63, 3.8) is 0 Å². The van der Waals surface area contributed by atoms with Crippen molar-refractivity contribution in [2.24, 2.45) is 0 Å². The Morgan fingerprint density at radius 2 is 2.10 bits per heavy atom. The van der Waals surface area contributed by atoms with Crippen molar-refractivity contribution in [2.45, 2.75) is 0 Å². The summed E-state index contributed by atoms with van der Waals surface area (Å²) in [6.45, 7) is 0. The summed E-state index contributed by atoms with van der Waals surface area (Å²) < 4.78 is 0. The summed E-state index contributed by atoms with van der Waals surface area (Å²) >= 11 is 5.88. The molecule has 104 valence electrons. The summed E-state index contributed by atoms with van der Waals surface area (Å²) in [4.78, 5) is 20.2. The van der Waals surface area contributed by atoms with Gasteiger partial charge in [-0.3, -0.25) is 9.78 Å². The number of nitrogen functional groups attached to an aromatic ring is 1. The molecule has 0 saturated carbocycles. The SMILES string of the molecule is Nc1ncc(C(=O)Nc2cccc3ccncc23)cc1Cl. The average Bonchev–Trinajstić information content (AvgIpc) is 2.50. The van der Waals surface area contributed by atoms with Crippen molar-refractivity contribution in [1.82, 2.24) is 9.97 Å². The molecule has 0 radical (unpaired) electrons. The molecule has 21 heavy (non-hydrogen) atoms. The van der Waals surface area contributed by atoms with E-state index in [0.29, 0.717) is 11.3 Å². The molecular formula is C15H11ClN4O. The molecule has 2 aromatic heterocycles. The van der Waals surface area contributed by atoms with Crippen LogP contribution in [0.1, 0.15) is 10.4 Å². The molecule has 6 heteroatoms. The fourth-order valence-corrected chi connectivity index (χ4v) is 2.16. The molecule has 0 aliphatic rings. The van der Waals surface area contributed by atoms with Crippen LogP contribution in [0.3, 0.4) is 0 Å². The highest BCUT2D eigenvalue weighted by molar-refractivity contribution is 6.33. The van der Waals surface area contributed by atoms with Gasteiger partial charge in [0.25, 0.3) is 5.91 Å². The van der Waals surface area contributed by atoms with Crippen LogP contribution in [-0.4, -0.2) is 15.9 Å². The predicted octanol–water partition coefficient (Wildman–Crippen LogP) is 3.12. The Labute approximate surface area is 125 Å². The molecule has 2 heterocycles. The first-order chi connectivity index (χ1) is 10.1. The molecule has 0 unspecified atom stereocenters. The van der Waals surface area contributed by atoms with Gasteiger partial charge >= 0.3 is 0 Å². The molecular weight excluding hydrogens is 288 g/mol. The van der Waals surface area contributed by atoms with Crippen LogP contribution in [0.25, 0.3) is 10.8 Å². The lowest BCUT2D eigenvalue weighted by molar-refractivity contribution is 0.102. The topological polar surface area (TPSA) is 80.9 Å². The van der Waals surface area contributed by atoms with Crippen LogP contribution >= 0.6 is 11.6 Å². The van der Waals surface area contributed by atoms with Crippen LogP contribution in [-0.2, 0) is 0 Å². The number of rotatable bonds is 2. The van der Waals surface area contributed by atoms with E-state index in [-0.39, 0.29) is 16.7 Å². The van der Waals surface area contributed by atoms with Gasteiger partial charge < -0.3 is 11.1 Å². The minimum Gasteiger partial charge on any atom is -0.382 e. The molecule has 0 fully saturated rings. The minimum atomic E-state index is -0.305. The van der Waals surface area contributed by atoms with E-state index < -0.39 is 0 Å². The smallest absolute Gasteiger partial charge is 0.257 e. The fraction of sp³-hybridized carbons (Fsp3) is 0. The van der Waals surface area contributed by atoms with Gasteiger partial charge in [-0.2, -0.15) is 0 Å². The Bertz CT molecular complexity index is 830. The highest BCUT2D eigenvalue weighted by atomic mass is 35.5. The van der Waals surface area contributed by atoms with Crippen molar-refractivity contribution in [3.05, 3.63) is 59.5 Å². The van der Waals surface area contributed by atoms with E-state index in [1.807, 2.05) is 24.3 Å². The lowest BCUT2D eigenvalue weighted by atomic mass is 10.1. The van der Waals surface area contributed by atoms with Gasteiger partial charge in [0.1, 0.15) is 5.82 Å². The van der Waals surface area contributed by atoms with Crippen molar-refractivity contribution < 1.29 is 4.79 Å². The molecule has 3 rings (SSSR count). The van der Waals surface area contributed by atoms with Gasteiger partial charge in [0.05, 0.1) is 16.3 Å². The Morgan fingerprint density at radius 3 is 2.90 bits per heavy atom. The number of nitrogens with two attached hydrogens (primary N) is 1. The lowest BCUT2D eigenvalue weighted by Gasteiger charge is -2.08. The van der Waals surface area contributed by atoms with Crippen molar-refractivity contribution >= 4 is 39.8 Å². The number of nitrogens with zero attached hydrogens (tertiary/aromatic N) is 2. The molecule has 0 spiro atoms. The van der Waals surface area contributed by atoms with Crippen LogP contribution in [0.4, 0.5) is 11.5 Å². The zero-order chi connectivity index (χ0) is 14.8. The molecule has 0 bridgehead atoms. The average molecular weight is 299 g/mol. The van der Waals surface area contributed by atoms with Gasteiger partial charge in [-0.1, -0.05) is 23.7 Å². The second-order valence-corrected chi connectivity index (χ2v) is 4.85. The monoisotopic (exact) mass is 298 g/mol. The number of anilines is 2. The summed E-state index contributed by atoms with van der Waals surface area (Å²) in [6.07, 6.45) is 4.80. The van der Waals surface area contributed by atoms with Gasteiger partial charge in [0, 0.05) is 24.0 Å². The first-order valence-electron chi connectivity index (χ1n) is 6.20. The summed E-state index contributed by atoms with van der Waals surface area (Å²) in [5.74, 6) is -0.108. The number of amides is 1. The Kier molecular flexibility index (Phi) is 3.41. The highest BCUT2D eigenvalue weighted by Crippen LogP contribution is 2.23. The lowest BCUT2D eigenvalue weighted by Crippen LogP contribution is -2.13. The van der Waals surface area contributed by atoms with E-state index in [0.717, 1.165) is 10.8 Å². The maximum atomic E-state index is 12.3. The zero-order valence-corrected chi connectivity index (χ0v) is 11.6. The van der Waals surface area contributed by atoms with Crippen LogP contribution < -0.4 is 11.1 Å². The standard InChI is InChI=1S/C15H11ClN4O/c16-12-6-10(7-19-14(12)17)15(21)20-13-3-1-2-9-4-5-18-8-11(9)13/h1-8H,(H2,17,19)(H,20,21). The van der Waals surface area contributed by atoms with Crippen LogP contribution in [0.5, 0.6) is 0 Å². The molecule has 1 amide bonds.